The average Bonchev–Trinajstić information content (AvgIpc) is 2.74. The third-order valence-electron chi connectivity index (χ3n) is 4.66. The monoisotopic (exact) mass is 316 g/mol. The maximum atomic E-state index is 11.5. The lowest BCUT2D eigenvalue weighted by Gasteiger charge is -2.43. The van der Waals surface area contributed by atoms with E-state index in [0.717, 1.165) is 44.9 Å². The van der Waals surface area contributed by atoms with E-state index in [1.807, 2.05) is 13.8 Å². The van der Waals surface area contributed by atoms with Crippen LogP contribution in [0.2, 0.25) is 0 Å². The lowest BCUT2D eigenvalue weighted by molar-refractivity contribution is -0.428. The molecule has 2 heterocycles. The quantitative estimate of drug-likeness (QED) is 0.304. The Bertz CT molecular complexity index is 374. The number of rotatable bonds is 9. The van der Waals surface area contributed by atoms with E-state index in [-0.39, 0.29) is 24.1 Å². The molecule has 2 saturated heterocycles. The third kappa shape index (κ3) is 4.65. The van der Waals surface area contributed by atoms with Gasteiger partial charge in [-0.1, -0.05) is 32.1 Å². The summed E-state index contributed by atoms with van der Waals surface area (Å²) < 4.78 is 5.45. The number of esters is 1. The van der Waals surface area contributed by atoms with Gasteiger partial charge in [0.25, 0.3) is 0 Å². The molecule has 0 aromatic rings. The Morgan fingerprint density at radius 3 is 2.59 bits per heavy atom. The van der Waals surface area contributed by atoms with Crippen LogP contribution >= 0.6 is 0 Å². The zero-order chi connectivity index (χ0) is 16.1. The van der Waals surface area contributed by atoms with E-state index < -0.39 is 5.60 Å². The molecule has 0 aromatic heterocycles. The second-order valence-corrected chi connectivity index (χ2v) is 6.99. The first-order chi connectivity index (χ1) is 10.5. The molecule has 1 N–H and O–H groups in total. The SMILES string of the molecule is CC1(CCCCCCCCOO)CC2(C)OC(=O)CC2OO1. The standard InChI is InChI=1S/C16H28O6/c1-15(9-7-5-3-4-6-8-10-19-18)12-16(2)13(21-22-15)11-14(17)20-16/h13,18H,3-12H2,1-2H3. The number of hydrogen-bond acceptors (Lipinski definition) is 6. The van der Waals surface area contributed by atoms with Crippen molar-refractivity contribution in [1.82, 2.24) is 0 Å². The van der Waals surface area contributed by atoms with Crippen LogP contribution in [0.15, 0.2) is 0 Å². The minimum absolute atomic E-state index is 0.202. The van der Waals surface area contributed by atoms with E-state index in [1.54, 1.807) is 0 Å². The highest BCUT2D eigenvalue weighted by molar-refractivity contribution is 5.73. The first-order valence-electron chi connectivity index (χ1n) is 8.30. The van der Waals surface area contributed by atoms with Crippen LogP contribution in [-0.4, -0.2) is 35.1 Å². The van der Waals surface area contributed by atoms with Crippen LogP contribution in [0.4, 0.5) is 0 Å². The fraction of sp³-hybridized carbons (Fsp3) is 0.938. The number of carbonyl (C=O) groups excluding carboxylic acids is 1. The Hall–Kier alpha value is -0.690. The van der Waals surface area contributed by atoms with E-state index >= 15 is 0 Å². The number of hydrogen-bond donors (Lipinski definition) is 1. The Labute approximate surface area is 131 Å². The van der Waals surface area contributed by atoms with Crippen molar-refractivity contribution in [3.8, 4) is 0 Å². The zero-order valence-electron chi connectivity index (χ0n) is 13.6. The van der Waals surface area contributed by atoms with Crippen LogP contribution in [0.5, 0.6) is 0 Å². The van der Waals surface area contributed by atoms with Gasteiger partial charge in [-0.25, -0.2) is 14.7 Å². The van der Waals surface area contributed by atoms with Crippen LogP contribution in [0.3, 0.4) is 0 Å². The molecular weight excluding hydrogens is 288 g/mol. The minimum atomic E-state index is -0.547. The van der Waals surface area contributed by atoms with Crippen molar-refractivity contribution in [1.29, 1.82) is 0 Å². The molecular formula is C16H28O6. The highest BCUT2D eigenvalue weighted by Gasteiger charge is 2.55. The molecule has 0 radical (unpaired) electrons. The second kappa shape index (κ2) is 7.73. The number of unbranched alkanes of at least 4 members (excludes halogenated alkanes) is 5. The minimum Gasteiger partial charge on any atom is -0.456 e. The molecule has 3 unspecified atom stereocenters. The highest BCUT2D eigenvalue weighted by Crippen LogP contribution is 2.44. The molecule has 2 aliphatic heterocycles. The van der Waals surface area contributed by atoms with Crippen molar-refractivity contribution < 1.29 is 29.5 Å². The van der Waals surface area contributed by atoms with Crippen molar-refractivity contribution in [2.75, 3.05) is 6.61 Å². The van der Waals surface area contributed by atoms with Crippen LogP contribution in [0.25, 0.3) is 0 Å². The fourth-order valence-corrected chi connectivity index (χ4v) is 3.47. The normalized spacial score (nSPS) is 34.5. The lowest BCUT2D eigenvalue weighted by Crippen LogP contribution is -2.51. The molecule has 3 atom stereocenters. The fourth-order valence-electron chi connectivity index (χ4n) is 3.47. The largest absolute Gasteiger partial charge is 0.456 e. The van der Waals surface area contributed by atoms with Gasteiger partial charge in [0.15, 0.2) is 0 Å². The number of ether oxygens (including phenoxy) is 1. The van der Waals surface area contributed by atoms with E-state index in [4.69, 9.17) is 19.8 Å². The first kappa shape index (κ1) is 17.7. The smallest absolute Gasteiger partial charge is 0.309 e. The van der Waals surface area contributed by atoms with Crippen molar-refractivity contribution in [3.63, 3.8) is 0 Å². The number of carbonyl (C=O) groups is 1. The summed E-state index contributed by atoms with van der Waals surface area (Å²) in [7, 11) is 0. The summed E-state index contributed by atoms with van der Waals surface area (Å²) >= 11 is 0. The Morgan fingerprint density at radius 2 is 1.86 bits per heavy atom. The predicted octanol–water partition coefficient (Wildman–Crippen LogP) is 3.39. The molecule has 0 aliphatic carbocycles. The Morgan fingerprint density at radius 1 is 1.18 bits per heavy atom. The molecule has 6 nitrogen and oxygen atoms in total. The van der Waals surface area contributed by atoms with Crippen LogP contribution < -0.4 is 0 Å². The zero-order valence-corrected chi connectivity index (χ0v) is 13.6. The lowest BCUT2D eigenvalue weighted by atomic mass is 9.82. The molecule has 128 valence electrons. The summed E-state index contributed by atoms with van der Waals surface area (Å²) in [6, 6.07) is 0. The van der Waals surface area contributed by atoms with Crippen molar-refractivity contribution in [2.45, 2.75) is 88.9 Å². The maximum Gasteiger partial charge on any atom is 0.309 e. The van der Waals surface area contributed by atoms with Crippen molar-refractivity contribution in [2.24, 2.45) is 0 Å². The van der Waals surface area contributed by atoms with Crippen LogP contribution in [-0.2, 0) is 24.2 Å². The van der Waals surface area contributed by atoms with Gasteiger partial charge in [-0.2, -0.15) is 0 Å². The molecule has 2 rings (SSSR count). The van der Waals surface area contributed by atoms with Gasteiger partial charge in [0.1, 0.15) is 17.3 Å². The Kier molecular flexibility index (Phi) is 6.20. The molecule has 22 heavy (non-hydrogen) atoms. The summed E-state index contributed by atoms with van der Waals surface area (Å²) in [5.41, 5.74) is -0.936. The molecule has 0 aromatic carbocycles. The summed E-state index contributed by atoms with van der Waals surface area (Å²) in [5.74, 6) is -0.202. The van der Waals surface area contributed by atoms with Gasteiger partial charge >= 0.3 is 5.97 Å². The third-order valence-corrected chi connectivity index (χ3v) is 4.66. The average molecular weight is 316 g/mol. The molecule has 0 bridgehead atoms. The molecule has 0 saturated carbocycles. The van der Waals surface area contributed by atoms with Gasteiger partial charge < -0.3 is 4.74 Å². The van der Waals surface area contributed by atoms with E-state index in [9.17, 15) is 4.79 Å². The summed E-state index contributed by atoms with van der Waals surface area (Å²) in [6.07, 6.45) is 8.07. The number of fused-ring (bicyclic) bond motifs is 1. The van der Waals surface area contributed by atoms with Gasteiger partial charge in [0, 0.05) is 6.42 Å². The molecule has 2 aliphatic rings. The van der Waals surface area contributed by atoms with Gasteiger partial charge in [-0.3, -0.25) is 10.1 Å². The molecule has 2 fully saturated rings. The highest BCUT2D eigenvalue weighted by atomic mass is 17.2. The van der Waals surface area contributed by atoms with Gasteiger partial charge in [0.2, 0.25) is 0 Å². The maximum absolute atomic E-state index is 11.5. The van der Waals surface area contributed by atoms with Gasteiger partial charge in [-0.05, 0) is 26.7 Å². The van der Waals surface area contributed by atoms with E-state index in [0.29, 0.717) is 13.0 Å². The van der Waals surface area contributed by atoms with Gasteiger partial charge in [0.05, 0.1) is 13.0 Å². The second-order valence-electron chi connectivity index (χ2n) is 6.99. The van der Waals surface area contributed by atoms with Crippen LogP contribution in [0, 0.1) is 0 Å². The first-order valence-corrected chi connectivity index (χ1v) is 8.30. The molecule has 6 heteroatoms. The summed E-state index contributed by atoms with van der Waals surface area (Å²) in [6.45, 7) is 4.38. The van der Waals surface area contributed by atoms with Crippen LogP contribution in [0.1, 0.15) is 71.6 Å². The topological polar surface area (TPSA) is 74.2 Å². The Balaban J connectivity index is 1.64. The van der Waals surface area contributed by atoms with E-state index in [1.165, 1.54) is 0 Å². The molecule has 0 amide bonds. The van der Waals surface area contributed by atoms with Crippen molar-refractivity contribution in [3.05, 3.63) is 0 Å². The summed E-state index contributed by atoms with van der Waals surface area (Å²) in [5, 5.41) is 8.22. The van der Waals surface area contributed by atoms with E-state index in [2.05, 4.69) is 4.89 Å². The summed E-state index contributed by atoms with van der Waals surface area (Å²) in [4.78, 5) is 26.5. The van der Waals surface area contributed by atoms with Gasteiger partial charge in [-0.15, -0.1) is 0 Å². The molecule has 0 spiro atoms. The van der Waals surface area contributed by atoms with Crippen molar-refractivity contribution >= 4 is 5.97 Å². The predicted molar refractivity (Wildman–Crippen MR) is 79.0 cm³/mol.